The molecule has 1 unspecified atom stereocenters. The van der Waals surface area contributed by atoms with Gasteiger partial charge in [0.15, 0.2) is 0 Å². The van der Waals surface area contributed by atoms with Gasteiger partial charge in [-0.3, -0.25) is 4.79 Å². The fourth-order valence-corrected chi connectivity index (χ4v) is 2.23. The molecule has 1 atom stereocenters. The summed E-state index contributed by atoms with van der Waals surface area (Å²) in [4.78, 5) is 13.0. The van der Waals surface area contributed by atoms with E-state index >= 15 is 0 Å². The second-order valence-electron chi connectivity index (χ2n) is 4.87. The van der Waals surface area contributed by atoms with Gasteiger partial charge in [-0.1, -0.05) is 19.1 Å². The summed E-state index contributed by atoms with van der Waals surface area (Å²) >= 11 is 4.96. The van der Waals surface area contributed by atoms with E-state index in [1.807, 2.05) is 13.0 Å². The van der Waals surface area contributed by atoms with Crippen molar-refractivity contribution in [3.8, 4) is 11.5 Å². The lowest BCUT2D eigenvalue weighted by Crippen LogP contribution is -2.28. The number of ether oxygens (including phenoxy) is 2. The van der Waals surface area contributed by atoms with E-state index in [1.54, 1.807) is 37.1 Å². The van der Waals surface area contributed by atoms with Crippen LogP contribution in [0.25, 0.3) is 10.8 Å². The predicted molar refractivity (Wildman–Crippen MR) is 87.3 cm³/mol. The van der Waals surface area contributed by atoms with E-state index in [2.05, 4.69) is 0 Å². The molecule has 0 aliphatic rings. The van der Waals surface area contributed by atoms with Crippen molar-refractivity contribution < 1.29 is 9.47 Å². The van der Waals surface area contributed by atoms with Crippen molar-refractivity contribution >= 4 is 28.0 Å². The summed E-state index contributed by atoms with van der Waals surface area (Å²) in [5.41, 5.74) is 5.50. The van der Waals surface area contributed by atoms with E-state index in [4.69, 9.17) is 27.4 Å². The number of methoxy groups -OCH3 is 2. The lowest BCUT2D eigenvalue weighted by molar-refractivity contribution is 0.398. The van der Waals surface area contributed by atoms with Gasteiger partial charge in [-0.05, 0) is 12.1 Å². The minimum absolute atomic E-state index is 0.0531. The number of fused-ring (bicyclic) bond motifs is 1. The molecule has 0 saturated carbocycles. The van der Waals surface area contributed by atoms with Crippen LogP contribution in [-0.2, 0) is 6.54 Å². The number of aromatic nitrogens is 1. The van der Waals surface area contributed by atoms with E-state index < -0.39 is 0 Å². The Bertz CT molecular complexity index is 740. The summed E-state index contributed by atoms with van der Waals surface area (Å²) in [6.45, 7) is 2.34. The summed E-state index contributed by atoms with van der Waals surface area (Å²) in [5, 5.41) is 1.30. The van der Waals surface area contributed by atoms with Crippen LogP contribution in [0.3, 0.4) is 0 Å². The first-order valence-corrected chi connectivity index (χ1v) is 6.93. The molecule has 0 radical (unpaired) electrons. The summed E-state index contributed by atoms with van der Waals surface area (Å²) in [6.07, 6.45) is 1.73. The molecule has 0 aliphatic carbocycles. The Balaban J connectivity index is 2.60. The Labute approximate surface area is 128 Å². The third-order valence-electron chi connectivity index (χ3n) is 3.44. The van der Waals surface area contributed by atoms with Crippen LogP contribution in [0.15, 0.2) is 29.2 Å². The van der Waals surface area contributed by atoms with Crippen molar-refractivity contribution in [3.63, 3.8) is 0 Å². The third-order valence-corrected chi connectivity index (χ3v) is 3.84. The SMILES string of the molecule is COc1cc(OC)c2ccn(CC(C)C(N)=S)c(=O)c2c1. The van der Waals surface area contributed by atoms with Crippen LogP contribution in [0.5, 0.6) is 11.5 Å². The maximum absolute atomic E-state index is 12.6. The molecule has 21 heavy (non-hydrogen) atoms. The summed E-state index contributed by atoms with van der Waals surface area (Å²) in [7, 11) is 3.12. The Morgan fingerprint density at radius 2 is 2.05 bits per heavy atom. The van der Waals surface area contributed by atoms with Crippen molar-refractivity contribution in [1.29, 1.82) is 0 Å². The Kier molecular flexibility index (Phi) is 4.47. The average Bonchev–Trinajstić information content (AvgIpc) is 2.48. The highest BCUT2D eigenvalue weighted by Crippen LogP contribution is 2.29. The van der Waals surface area contributed by atoms with Crippen LogP contribution in [0.2, 0.25) is 0 Å². The van der Waals surface area contributed by atoms with Gasteiger partial charge < -0.3 is 19.8 Å². The summed E-state index contributed by atoms with van der Waals surface area (Å²) in [5.74, 6) is 1.13. The molecule has 0 bridgehead atoms. The first-order valence-electron chi connectivity index (χ1n) is 6.52. The highest BCUT2D eigenvalue weighted by atomic mass is 32.1. The van der Waals surface area contributed by atoms with E-state index in [0.717, 1.165) is 5.39 Å². The number of pyridine rings is 1. The zero-order valence-corrected chi connectivity index (χ0v) is 13.1. The van der Waals surface area contributed by atoms with Gasteiger partial charge in [-0.2, -0.15) is 0 Å². The first kappa shape index (κ1) is 15.3. The molecule has 2 aromatic rings. The molecule has 0 aliphatic heterocycles. The molecular formula is C15H18N2O3S. The molecule has 2 rings (SSSR count). The van der Waals surface area contributed by atoms with Crippen LogP contribution < -0.4 is 20.8 Å². The van der Waals surface area contributed by atoms with Gasteiger partial charge >= 0.3 is 0 Å². The Hall–Kier alpha value is -2.08. The molecular weight excluding hydrogens is 288 g/mol. The van der Waals surface area contributed by atoms with Crippen molar-refractivity contribution in [2.24, 2.45) is 11.7 Å². The molecule has 0 saturated heterocycles. The topological polar surface area (TPSA) is 66.5 Å². The van der Waals surface area contributed by atoms with Gasteiger partial charge in [0.25, 0.3) is 5.56 Å². The number of thiocarbonyl (C=S) groups is 1. The monoisotopic (exact) mass is 306 g/mol. The van der Waals surface area contributed by atoms with E-state index in [9.17, 15) is 4.79 Å². The lowest BCUT2D eigenvalue weighted by Gasteiger charge is -2.14. The van der Waals surface area contributed by atoms with Crippen LogP contribution in [-0.4, -0.2) is 23.8 Å². The second-order valence-corrected chi connectivity index (χ2v) is 5.34. The fourth-order valence-electron chi connectivity index (χ4n) is 2.15. The number of nitrogens with zero attached hydrogens (tertiary/aromatic N) is 1. The minimum atomic E-state index is -0.118. The van der Waals surface area contributed by atoms with Gasteiger partial charge in [0.1, 0.15) is 11.5 Å². The van der Waals surface area contributed by atoms with Crippen molar-refractivity contribution in [1.82, 2.24) is 4.57 Å². The van der Waals surface area contributed by atoms with Gasteiger partial charge in [0, 0.05) is 30.1 Å². The molecule has 0 fully saturated rings. The fraction of sp³-hybridized carbons (Fsp3) is 0.333. The third kappa shape index (κ3) is 3.00. The first-order chi connectivity index (χ1) is 9.97. The molecule has 112 valence electrons. The minimum Gasteiger partial charge on any atom is -0.497 e. The second kappa shape index (κ2) is 6.13. The van der Waals surface area contributed by atoms with Crippen molar-refractivity contribution in [3.05, 3.63) is 34.7 Å². The molecule has 5 nitrogen and oxygen atoms in total. The van der Waals surface area contributed by atoms with E-state index in [1.165, 1.54) is 0 Å². The standard InChI is InChI=1S/C15H18N2O3S/c1-9(14(16)21)8-17-5-4-11-12(15(17)18)6-10(19-2)7-13(11)20-3/h4-7,9H,8H2,1-3H3,(H2,16,21). The molecule has 1 heterocycles. The maximum Gasteiger partial charge on any atom is 0.258 e. The molecule has 0 spiro atoms. The van der Waals surface area contributed by atoms with Crippen LogP contribution >= 0.6 is 12.2 Å². The smallest absolute Gasteiger partial charge is 0.258 e. The van der Waals surface area contributed by atoms with Crippen LogP contribution in [0.1, 0.15) is 6.92 Å². The normalized spacial score (nSPS) is 12.1. The Morgan fingerprint density at radius 3 is 2.62 bits per heavy atom. The van der Waals surface area contributed by atoms with E-state index in [-0.39, 0.29) is 11.5 Å². The van der Waals surface area contributed by atoms with Crippen LogP contribution in [0.4, 0.5) is 0 Å². The predicted octanol–water partition coefficient (Wildman–Crippen LogP) is 1.94. The molecule has 1 aromatic heterocycles. The Morgan fingerprint density at radius 1 is 1.33 bits per heavy atom. The van der Waals surface area contributed by atoms with Gasteiger partial charge in [-0.15, -0.1) is 0 Å². The van der Waals surface area contributed by atoms with Crippen molar-refractivity contribution in [2.45, 2.75) is 13.5 Å². The zero-order chi connectivity index (χ0) is 15.6. The zero-order valence-electron chi connectivity index (χ0n) is 12.3. The molecule has 6 heteroatoms. The van der Waals surface area contributed by atoms with Gasteiger partial charge in [-0.25, -0.2) is 0 Å². The number of hydrogen-bond donors (Lipinski definition) is 1. The number of hydrogen-bond acceptors (Lipinski definition) is 4. The number of benzene rings is 1. The number of rotatable bonds is 5. The quantitative estimate of drug-likeness (QED) is 0.855. The summed E-state index contributed by atoms with van der Waals surface area (Å²) < 4.78 is 12.1. The average molecular weight is 306 g/mol. The largest absolute Gasteiger partial charge is 0.497 e. The van der Waals surface area contributed by atoms with Crippen LogP contribution in [0, 0.1) is 5.92 Å². The summed E-state index contributed by atoms with van der Waals surface area (Å²) in [6, 6.07) is 5.31. The lowest BCUT2D eigenvalue weighted by atomic mass is 10.1. The number of nitrogens with two attached hydrogens (primary N) is 1. The molecule has 1 aromatic carbocycles. The van der Waals surface area contributed by atoms with Gasteiger partial charge in [0.05, 0.1) is 24.6 Å². The highest BCUT2D eigenvalue weighted by molar-refractivity contribution is 7.80. The molecule has 2 N–H and O–H groups in total. The highest BCUT2D eigenvalue weighted by Gasteiger charge is 2.12. The van der Waals surface area contributed by atoms with Gasteiger partial charge in [0.2, 0.25) is 0 Å². The molecule has 0 amide bonds. The maximum atomic E-state index is 12.6. The van der Waals surface area contributed by atoms with Crippen molar-refractivity contribution in [2.75, 3.05) is 14.2 Å². The van der Waals surface area contributed by atoms with E-state index in [0.29, 0.717) is 28.4 Å².